The molecule has 0 aromatic rings. The number of aliphatic hydroxyl groups excluding tert-OH is 4. The van der Waals surface area contributed by atoms with Gasteiger partial charge in [0.15, 0.2) is 0 Å². The summed E-state index contributed by atoms with van der Waals surface area (Å²) >= 11 is 2.80. The van der Waals surface area contributed by atoms with Crippen molar-refractivity contribution in [3.8, 4) is 0 Å². The molecule has 20 heavy (non-hydrogen) atoms. The summed E-state index contributed by atoms with van der Waals surface area (Å²) in [6, 6.07) is 0. The summed E-state index contributed by atoms with van der Waals surface area (Å²) in [7, 11) is 0. The maximum atomic E-state index is 9.84. The van der Waals surface area contributed by atoms with Crippen molar-refractivity contribution in [1.29, 1.82) is 5.41 Å². The standard InChI is InChI=1S/C12H23NO5S2/c1-19-5-3-2-4-8(13)20-12-11(17)10(16)9(15)7(6-14)18-12/h7,9-17H,2-6H2,1H3/t7-,9-,10+,11-,12+/m1/s1. The van der Waals surface area contributed by atoms with E-state index in [4.69, 9.17) is 15.3 Å². The molecule has 5 N–H and O–H groups in total. The third-order valence-corrected chi connectivity index (χ3v) is 4.92. The largest absolute Gasteiger partial charge is 0.394 e. The van der Waals surface area contributed by atoms with E-state index >= 15 is 0 Å². The lowest BCUT2D eigenvalue weighted by Gasteiger charge is -2.39. The van der Waals surface area contributed by atoms with Crippen LogP contribution in [0.25, 0.3) is 0 Å². The molecule has 8 heteroatoms. The van der Waals surface area contributed by atoms with Gasteiger partial charge in [0.1, 0.15) is 29.9 Å². The predicted molar refractivity (Wildman–Crippen MR) is 81.3 cm³/mol. The van der Waals surface area contributed by atoms with Crippen LogP contribution < -0.4 is 0 Å². The molecule has 0 amide bonds. The minimum absolute atomic E-state index is 0.371. The van der Waals surface area contributed by atoms with E-state index in [2.05, 4.69) is 0 Å². The zero-order valence-electron chi connectivity index (χ0n) is 11.4. The Hall–Kier alpha value is 0.170. The van der Waals surface area contributed by atoms with Crippen LogP contribution in [0.15, 0.2) is 0 Å². The predicted octanol–water partition coefficient (Wildman–Crippen LogP) is 0.0301. The van der Waals surface area contributed by atoms with Gasteiger partial charge in [-0.3, -0.25) is 5.41 Å². The second kappa shape index (κ2) is 9.24. The maximum Gasteiger partial charge on any atom is 0.137 e. The van der Waals surface area contributed by atoms with Crippen molar-refractivity contribution in [2.75, 3.05) is 18.6 Å². The fourth-order valence-electron chi connectivity index (χ4n) is 1.90. The fraction of sp³-hybridized carbons (Fsp3) is 0.917. The summed E-state index contributed by atoms with van der Waals surface area (Å²) in [6.45, 7) is -0.441. The average Bonchev–Trinajstić information content (AvgIpc) is 2.44. The molecule has 0 bridgehead atoms. The molecular formula is C12H23NO5S2. The summed E-state index contributed by atoms with van der Waals surface area (Å²) in [5, 5.41) is 46.4. The van der Waals surface area contributed by atoms with E-state index in [0.29, 0.717) is 11.5 Å². The van der Waals surface area contributed by atoms with E-state index in [1.54, 1.807) is 11.8 Å². The zero-order valence-corrected chi connectivity index (χ0v) is 13.1. The van der Waals surface area contributed by atoms with Gasteiger partial charge in [-0.2, -0.15) is 11.8 Å². The first-order valence-corrected chi connectivity index (χ1v) is 8.82. The molecule has 1 heterocycles. The van der Waals surface area contributed by atoms with Crippen molar-refractivity contribution in [3.63, 3.8) is 0 Å². The molecule has 0 unspecified atom stereocenters. The number of aliphatic hydroxyl groups is 4. The first-order valence-electron chi connectivity index (χ1n) is 6.54. The number of ether oxygens (including phenoxy) is 1. The van der Waals surface area contributed by atoms with Gasteiger partial charge in [0, 0.05) is 0 Å². The highest BCUT2D eigenvalue weighted by Gasteiger charge is 2.43. The zero-order chi connectivity index (χ0) is 15.1. The highest BCUT2D eigenvalue weighted by molar-refractivity contribution is 8.14. The monoisotopic (exact) mass is 325 g/mol. The number of unbranched alkanes of at least 4 members (excludes halogenated alkanes) is 1. The molecule has 0 aliphatic carbocycles. The van der Waals surface area contributed by atoms with Crippen LogP contribution in [0.2, 0.25) is 0 Å². The van der Waals surface area contributed by atoms with E-state index in [9.17, 15) is 15.3 Å². The van der Waals surface area contributed by atoms with Gasteiger partial charge < -0.3 is 25.2 Å². The van der Waals surface area contributed by atoms with Gasteiger partial charge in [0.05, 0.1) is 11.7 Å². The SMILES string of the molecule is CSCCCCC(=N)S[C@@H]1O[C@H](CO)[C@@H](O)[C@H](O)[C@H]1O. The number of hydrogen-bond donors (Lipinski definition) is 5. The Morgan fingerprint density at radius 1 is 1.15 bits per heavy atom. The summed E-state index contributed by atoms with van der Waals surface area (Å²) in [6.07, 6.45) is -0.346. The molecule has 6 nitrogen and oxygen atoms in total. The lowest BCUT2D eigenvalue weighted by molar-refractivity contribution is -0.205. The molecule has 1 saturated heterocycles. The number of thioether (sulfide) groups is 2. The van der Waals surface area contributed by atoms with Crippen molar-refractivity contribution in [2.24, 2.45) is 0 Å². The molecule has 0 saturated carbocycles. The molecule has 0 aromatic carbocycles. The van der Waals surface area contributed by atoms with Crippen LogP contribution in [0, 0.1) is 5.41 Å². The van der Waals surface area contributed by atoms with Crippen LogP contribution >= 0.6 is 23.5 Å². The first kappa shape index (κ1) is 18.2. The van der Waals surface area contributed by atoms with Crippen molar-refractivity contribution >= 4 is 28.6 Å². The molecular weight excluding hydrogens is 302 g/mol. The summed E-state index contributed by atoms with van der Waals surface area (Å²) in [5.41, 5.74) is -0.835. The second-order valence-electron chi connectivity index (χ2n) is 4.69. The summed E-state index contributed by atoms with van der Waals surface area (Å²) in [5.74, 6) is 1.05. The molecule has 0 spiro atoms. The summed E-state index contributed by atoms with van der Waals surface area (Å²) in [4.78, 5) is 0. The topological polar surface area (TPSA) is 114 Å². The van der Waals surface area contributed by atoms with E-state index in [0.717, 1.165) is 30.4 Å². The Labute approximate surface area is 127 Å². The van der Waals surface area contributed by atoms with Gasteiger partial charge in [0.25, 0.3) is 0 Å². The fourth-order valence-corrected chi connectivity index (χ4v) is 3.43. The smallest absolute Gasteiger partial charge is 0.137 e. The van der Waals surface area contributed by atoms with E-state index in [1.165, 1.54) is 0 Å². The number of nitrogens with one attached hydrogen (secondary N) is 1. The molecule has 1 aliphatic heterocycles. The van der Waals surface area contributed by atoms with Crippen molar-refractivity contribution in [1.82, 2.24) is 0 Å². The van der Waals surface area contributed by atoms with E-state index < -0.39 is 36.5 Å². The Bertz CT molecular complexity index is 306. The molecule has 1 aliphatic rings. The van der Waals surface area contributed by atoms with Gasteiger partial charge >= 0.3 is 0 Å². The molecule has 5 atom stereocenters. The number of rotatable bonds is 7. The highest BCUT2D eigenvalue weighted by atomic mass is 32.2. The van der Waals surface area contributed by atoms with Crippen LogP contribution in [0.4, 0.5) is 0 Å². The van der Waals surface area contributed by atoms with Crippen molar-refractivity contribution in [3.05, 3.63) is 0 Å². The van der Waals surface area contributed by atoms with Gasteiger partial charge in [-0.05, 0) is 31.3 Å². The Morgan fingerprint density at radius 3 is 2.45 bits per heavy atom. The maximum absolute atomic E-state index is 9.84. The van der Waals surface area contributed by atoms with Crippen LogP contribution in [-0.2, 0) is 4.74 Å². The molecule has 1 fully saturated rings. The van der Waals surface area contributed by atoms with Crippen LogP contribution in [0.5, 0.6) is 0 Å². The van der Waals surface area contributed by atoms with Gasteiger partial charge in [0.2, 0.25) is 0 Å². The highest BCUT2D eigenvalue weighted by Crippen LogP contribution is 2.29. The first-order chi connectivity index (χ1) is 9.51. The third kappa shape index (κ3) is 5.18. The van der Waals surface area contributed by atoms with Crippen molar-refractivity contribution < 1.29 is 25.2 Å². The van der Waals surface area contributed by atoms with E-state index in [1.807, 2.05) is 6.26 Å². The molecule has 118 valence electrons. The van der Waals surface area contributed by atoms with Crippen LogP contribution in [-0.4, -0.2) is 73.9 Å². The van der Waals surface area contributed by atoms with E-state index in [-0.39, 0.29) is 0 Å². The normalized spacial score (nSPS) is 34.1. The third-order valence-electron chi connectivity index (χ3n) is 3.11. The summed E-state index contributed by atoms with van der Waals surface area (Å²) < 4.78 is 5.34. The molecule has 0 aromatic heterocycles. The minimum atomic E-state index is -1.37. The lowest BCUT2D eigenvalue weighted by atomic mass is 10.0. The Kier molecular flexibility index (Phi) is 8.42. The van der Waals surface area contributed by atoms with Crippen molar-refractivity contribution in [2.45, 2.75) is 49.1 Å². The molecule has 1 rings (SSSR count). The second-order valence-corrected chi connectivity index (χ2v) is 6.87. The van der Waals surface area contributed by atoms with Gasteiger partial charge in [-0.25, -0.2) is 0 Å². The average molecular weight is 325 g/mol. The van der Waals surface area contributed by atoms with Gasteiger partial charge in [-0.15, -0.1) is 0 Å². The van der Waals surface area contributed by atoms with Gasteiger partial charge in [-0.1, -0.05) is 11.8 Å². The Morgan fingerprint density at radius 2 is 1.85 bits per heavy atom. The van der Waals surface area contributed by atoms with Crippen LogP contribution in [0.1, 0.15) is 19.3 Å². The number of hydrogen-bond acceptors (Lipinski definition) is 8. The lowest BCUT2D eigenvalue weighted by Crippen LogP contribution is -2.57. The van der Waals surface area contributed by atoms with Crippen LogP contribution in [0.3, 0.4) is 0 Å². The quantitative estimate of drug-likeness (QED) is 0.255. The Balaban J connectivity index is 2.43. The minimum Gasteiger partial charge on any atom is -0.394 e. The molecule has 0 radical (unpaired) electrons.